The minimum atomic E-state index is -4.45. The number of benzene rings is 1. The number of aryl methyl sites for hydroxylation is 1. The van der Waals surface area contributed by atoms with Gasteiger partial charge in [0, 0.05) is 6.20 Å². The van der Waals surface area contributed by atoms with Crippen LogP contribution in [0, 0.1) is 6.92 Å². The summed E-state index contributed by atoms with van der Waals surface area (Å²) in [5.74, 6) is -0.686. The number of nitrogens with zero attached hydrogens (tertiary/aromatic N) is 4. The van der Waals surface area contributed by atoms with Crippen LogP contribution in [0.4, 0.5) is 13.2 Å². The number of esters is 1. The van der Waals surface area contributed by atoms with Crippen molar-refractivity contribution in [1.29, 1.82) is 0 Å². The van der Waals surface area contributed by atoms with E-state index in [0.717, 1.165) is 17.7 Å². The quantitative estimate of drug-likeness (QED) is 0.647. The Balaban J connectivity index is 2.14. The molecule has 0 fully saturated rings. The van der Waals surface area contributed by atoms with Gasteiger partial charge in [0.15, 0.2) is 0 Å². The molecule has 140 valence electrons. The summed E-state index contributed by atoms with van der Waals surface area (Å²) in [6.45, 7) is 3.65. The van der Waals surface area contributed by atoms with Crippen molar-refractivity contribution in [2.24, 2.45) is 0 Å². The van der Waals surface area contributed by atoms with Crippen LogP contribution in [0.15, 0.2) is 42.6 Å². The monoisotopic (exact) mass is 376 g/mol. The van der Waals surface area contributed by atoms with Gasteiger partial charge < -0.3 is 4.74 Å². The predicted octanol–water partition coefficient (Wildman–Crippen LogP) is 3.83. The maximum absolute atomic E-state index is 12.8. The lowest BCUT2D eigenvalue weighted by atomic mass is 10.1. The molecule has 1 aromatic carbocycles. The predicted molar refractivity (Wildman–Crippen MR) is 90.3 cm³/mol. The zero-order valence-corrected chi connectivity index (χ0v) is 14.5. The van der Waals surface area contributed by atoms with Crippen LogP contribution >= 0.6 is 0 Å². The summed E-state index contributed by atoms with van der Waals surface area (Å²) in [4.78, 5) is 16.5. The van der Waals surface area contributed by atoms with Gasteiger partial charge >= 0.3 is 12.1 Å². The third-order valence-corrected chi connectivity index (χ3v) is 3.74. The molecule has 27 heavy (non-hydrogen) atoms. The Morgan fingerprint density at radius 3 is 2.48 bits per heavy atom. The van der Waals surface area contributed by atoms with Crippen molar-refractivity contribution in [3.8, 4) is 17.1 Å². The van der Waals surface area contributed by atoms with Gasteiger partial charge in [0.05, 0.1) is 23.6 Å². The highest BCUT2D eigenvalue weighted by Gasteiger charge is 2.30. The topological polar surface area (TPSA) is 69.9 Å². The Labute approximate surface area is 152 Å². The third kappa shape index (κ3) is 3.81. The molecule has 9 heteroatoms. The minimum Gasteiger partial charge on any atom is -0.461 e. The van der Waals surface area contributed by atoms with Crippen LogP contribution in [0.3, 0.4) is 0 Å². The molecule has 0 atom stereocenters. The molecule has 0 bridgehead atoms. The van der Waals surface area contributed by atoms with E-state index in [1.165, 1.54) is 16.8 Å². The number of carbonyl (C=O) groups excluding carboxylic acids is 1. The Bertz CT molecular complexity index is 965. The average molecular weight is 376 g/mol. The molecule has 3 aromatic rings. The number of ether oxygens (including phenoxy) is 1. The SMILES string of the molecule is CCOC(=O)c1nnn(-c2ccc(C(F)(F)F)cc2)c1-c1cc(C)ccn1. The first-order valence-electron chi connectivity index (χ1n) is 8.04. The third-order valence-electron chi connectivity index (χ3n) is 3.74. The first kappa shape index (κ1) is 18.6. The van der Waals surface area contributed by atoms with Gasteiger partial charge in [-0.3, -0.25) is 4.98 Å². The standard InChI is InChI=1S/C18H15F3N4O2/c1-3-27-17(26)15-16(14-10-11(2)8-9-22-14)25(24-23-15)13-6-4-12(5-7-13)18(19,20)21/h4-10H,3H2,1-2H3. The molecule has 3 rings (SSSR count). The van der Waals surface area contributed by atoms with Crippen molar-refractivity contribution < 1.29 is 22.7 Å². The molecule has 0 unspecified atom stereocenters. The number of aromatic nitrogens is 4. The molecule has 2 heterocycles. The molecule has 0 aliphatic carbocycles. The highest BCUT2D eigenvalue weighted by Crippen LogP contribution is 2.31. The number of hydrogen-bond acceptors (Lipinski definition) is 5. The van der Waals surface area contributed by atoms with Crippen molar-refractivity contribution in [3.63, 3.8) is 0 Å². The van der Waals surface area contributed by atoms with E-state index in [4.69, 9.17) is 4.74 Å². The molecule has 2 aromatic heterocycles. The first-order valence-corrected chi connectivity index (χ1v) is 8.04. The van der Waals surface area contributed by atoms with E-state index in [0.29, 0.717) is 11.4 Å². The van der Waals surface area contributed by atoms with Gasteiger partial charge in [-0.25, -0.2) is 9.48 Å². The number of alkyl halides is 3. The lowest BCUT2D eigenvalue weighted by Gasteiger charge is -2.10. The number of hydrogen-bond donors (Lipinski definition) is 0. The summed E-state index contributed by atoms with van der Waals surface area (Å²) in [6.07, 6.45) is -2.89. The Hall–Kier alpha value is -3.23. The fraction of sp³-hybridized carbons (Fsp3) is 0.222. The Morgan fingerprint density at radius 2 is 1.89 bits per heavy atom. The highest BCUT2D eigenvalue weighted by molar-refractivity contribution is 5.94. The molecule has 6 nitrogen and oxygen atoms in total. The summed E-state index contributed by atoms with van der Waals surface area (Å²) >= 11 is 0. The number of halogens is 3. The smallest absolute Gasteiger partial charge is 0.416 e. The van der Waals surface area contributed by atoms with Gasteiger partial charge in [-0.1, -0.05) is 5.21 Å². The van der Waals surface area contributed by atoms with Crippen LogP contribution in [0.2, 0.25) is 0 Å². The van der Waals surface area contributed by atoms with E-state index in [-0.39, 0.29) is 18.0 Å². The van der Waals surface area contributed by atoms with Gasteiger partial charge in [-0.2, -0.15) is 13.2 Å². The second-order valence-corrected chi connectivity index (χ2v) is 5.68. The van der Waals surface area contributed by atoms with E-state index in [9.17, 15) is 18.0 Å². The van der Waals surface area contributed by atoms with E-state index >= 15 is 0 Å². The molecule has 0 spiro atoms. The van der Waals surface area contributed by atoms with Crippen LogP contribution in [0.5, 0.6) is 0 Å². The molecular weight excluding hydrogens is 361 g/mol. The highest BCUT2D eigenvalue weighted by atomic mass is 19.4. The first-order chi connectivity index (χ1) is 12.8. The maximum Gasteiger partial charge on any atom is 0.416 e. The molecule has 0 saturated heterocycles. The summed E-state index contributed by atoms with van der Waals surface area (Å²) in [5, 5.41) is 7.80. The minimum absolute atomic E-state index is 0.0603. The van der Waals surface area contributed by atoms with Crippen molar-refractivity contribution >= 4 is 5.97 Å². The van der Waals surface area contributed by atoms with Crippen LogP contribution < -0.4 is 0 Å². The lowest BCUT2D eigenvalue weighted by Crippen LogP contribution is -2.09. The van der Waals surface area contributed by atoms with E-state index in [1.807, 2.05) is 6.92 Å². The summed E-state index contributed by atoms with van der Waals surface area (Å²) < 4.78 is 44.7. The summed E-state index contributed by atoms with van der Waals surface area (Å²) in [6, 6.07) is 7.89. The summed E-state index contributed by atoms with van der Waals surface area (Å²) in [7, 11) is 0. The molecule has 0 radical (unpaired) electrons. The summed E-state index contributed by atoms with van der Waals surface area (Å²) in [5.41, 5.74) is 1.00. The Kier molecular flexibility index (Phi) is 4.93. The Morgan fingerprint density at radius 1 is 1.19 bits per heavy atom. The van der Waals surface area contributed by atoms with E-state index in [1.54, 1.807) is 25.3 Å². The van der Waals surface area contributed by atoms with Gasteiger partial charge in [-0.15, -0.1) is 5.10 Å². The second kappa shape index (κ2) is 7.18. The van der Waals surface area contributed by atoms with Gasteiger partial charge in [0.2, 0.25) is 5.69 Å². The molecule has 0 N–H and O–H groups in total. The fourth-order valence-corrected chi connectivity index (χ4v) is 2.49. The van der Waals surface area contributed by atoms with Crippen LogP contribution in [-0.4, -0.2) is 32.6 Å². The van der Waals surface area contributed by atoms with Gasteiger partial charge in [0.25, 0.3) is 0 Å². The lowest BCUT2D eigenvalue weighted by molar-refractivity contribution is -0.137. The largest absolute Gasteiger partial charge is 0.461 e. The van der Waals surface area contributed by atoms with Crippen molar-refractivity contribution in [3.05, 3.63) is 59.4 Å². The van der Waals surface area contributed by atoms with Gasteiger partial charge in [0.1, 0.15) is 5.69 Å². The molecule has 0 aliphatic rings. The normalized spacial score (nSPS) is 11.4. The fourth-order valence-electron chi connectivity index (χ4n) is 2.49. The van der Waals surface area contributed by atoms with Crippen LogP contribution in [-0.2, 0) is 10.9 Å². The van der Waals surface area contributed by atoms with Gasteiger partial charge in [-0.05, 0) is 55.8 Å². The number of rotatable bonds is 4. The molecule has 0 saturated carbocycles. The molecule has 0 aliphatic heterocycles. The molecule has 0 amide bonds. The zero-order chi connectivity index (χ0) is 19.6. The maximum atomic E-state index is 12.8. The average Bonchev–Trinajstić information content (AvgIpc) is 3.06. The second-order valence-electron chi connectivity index (χ2n) is 5.68. The van der Waals surface area contributed by atoms with E-state index < -0.39 is 17.7 Å². The van der Waals surface area contributed by atoms with Crippen LogP contribution in [0.25, 0.3) is 17.1 Å². The van der Waals surface area contributed by atoms with Crippen LogP contribution in [0.1, 0.15) is 28.5 Å². The number of pyridine rings is 1. The van der Waals surface area contributed by atoms with Crippen molar-refractivity contribution in [1.82, 2.24) is 20.0 Å². The zero-order valence-electron chi connectivity index (χ0n) is 14.5. The van der Waals surface area contributed by atoms with Crippen molar-refractivity contribution in [2.45, 2.75) is 20.0 Å². The van der Waals surface area contributed by atoms with Crippen molar-refractivity contribution in [2.75, 3.05) is 6.61 Å². The molecular formula is C18H15F3N4O2. The van der Waals surface area contributed by atoms with E-state index in [2.05, 4.69) is 15.3 Å². The number of carbonyl (C=O) groups is 1.